The van der Waals surface area contributed by atoms with Crippen molar-refractivity contribution in [2.24, 2.45) is 0 Å². The molecule has 0 amide bonds. The molecule has 11 aromatic rings. The summed E-state index contributed by atoms with van der Waals surface area (Å²) in [4.78, 5) is 4.92. The van der Waals surface area contributed by atoms with E-state index >= 15 is 0 Å². The van der Waals surface area contributed by atoms with E-state index in [2.05, 4.69) is 281 Å². The molecular formula is C67H60N2Si2. The van der Waals surface area contributed by atoms with Crippen LogP contribution >= 0.6 is 0 Å². The van der Waals surface area contributed by atoms with Gasteiger partial charge < -0.3 is 9.80 Å². The van der Waals surface area contributed by atoms with E-state index in [0.29, 0.717) is 0 Å². The van der Waals surface area contributed by atoms with Crippen LogP contribution in [-0.2, 0) is 5.41 Å². The molecular weight excluding hydrogens is 889 g/mol. The highest BCUT2D eigenvalue weighted by Gasteiger charge is 2.37. The molecule has 0 heterocycles. The van der Waals surface area contributed by atoms with E-state index in [1.807, 2.05) is 0 Å². The van der Waals surface area contributed by atoms with E-state index in [4.69, 9.17) is 0 Å². The lowest BCUT2D eigenvalue weighted by atomic mass is 9.66. The van der Waals surface area contributed by atoms with E-state index in [1.54, 1.807) is 0 Å². The van der Waals surface area contributed by atoms with E-state index in [0.717, 1.165) is 34.1 Å². The number of rotatable bonds is 9. The van der Waals surface area contributed by atoms with Crippen molar-refractivity contribution in [3.8, 4) is 22.3 Å². The first-order valence-electron chi connectivity index (χ1n) is 25.2. The molecule has 0 aromatic heterocycles. The van der Waals surface area contributed by atoms with Crippen molar-refractivity contribution in [3.05, 3.63) is 230 Å². The molecule has 71 heavy (non-hydrogen) atoms. The largest absolute Gasteiger partial charge is 0.310 e. The molecule has 0 N–H and O–H groups in total. The van der Waals surface area contributed by atoms with Gasteiger partial charge in [-0.3, -0.25) is 0 Å². The first-order valence-corrected chi connectivity index (χ1v) is 32.2. The van der Waals surface area contributed by atoms with Gasteiger partial charge in [0.05, 0.1) is 16.1 Å². The summed E-state index contributed by atoms with van der Waals surface area (Å²) in [5.74, 6) is 0. The quantitative estimate of drug-likeness (QED) is 0.105. The zero-order valence-corrected chi connectivity index (χ0v) is 44.2. The minimum atomic E-state index is -1.51. The molecule has 0 atom stereocenters. The van der Waals surface area contributed by atoms with E-state index < -0.39 is 16.1 Å². The van der Waals surface area contributed by atoms with Gasteiger partial charge in [-0.25, -0.2) is 0 Å². The maximum atomic E-state index is 2.50. The maximum Gasteiger partial charge on any atom is 0.0775 e. The van der Waals surface area contributed by atoms with Crippen molar-refractivity contribution >= 4 is 104 Å². The van der Waals surface area contributed by atoms with Crippen LogP contribution in [0, 0.1) is 0 Å². The van der Waals surface area contributed by atoms with Gasteiger partial charge in [-0.15, -0.1) is 0 Å². The Labute approximate surface area is 421 Å². The fourth-order valence-electron chi connectivity index (χ4n) is 11.4. The van der Waals surface area contributed by atoms with Gasteiger partial charge in [-0.2, -0.15) is 0 Å². The summed E-state index contributed by atoms with van der Waals surface area (Å²) in [6, 6.07) is 82.6. The second-order valence-electron chi connectivity index (χ2n) is 22.3. The van der Waals surface area contributed by atoms with Gasteiger partial charge in [-0.05, 0) is 149 Å². The molecule has 0 saturated carbocycles. The number of fused-ring (bicyclic) bond motifs is 6. The summed E-state index contributed by atoms with van der Waals surface area (Å²) >= 11 is 0. The van der Waals surface area contributed by atoms with Crippen LogP contribution in [0.25, 0.3) is 65.3 Å². The minimum absolute atomic E-state index is 0.316. The highest BCUT2D eigenvalue weighted by molar-refractivity contribution is 6.89. The fraction of sp³-hybridized carbons (Fsp3) is 0.134. The number of benzene rings is 11. The van der Waals surface area contributed by atoms with Crippen molar-refractivity contribution < 1.29 is 0 Å². The van der Waals surface area contributed by atoms with E-state index in [-0.39, 0.29) is 5.41 Å². The number of hydrogen-bond donors (Lipinski definition) is 0. The summed E-state index contributed by atoms with van der Waals surface area (Å²) in [5.41, 5.74) is 14.4. The molecule has 1 aliphatic rings. The van der Waals surface area contributed by atoms with Crippen LogP contribution in [0.1, 0.15) is 25.0 Å². The third kappa shape index (κ3) is 7.69. The highest BCUT2D eigenvalue weighted by Crippen LogP contribution is 2.56. The molecule has 1 aliphatic carbocycles. The lowest BCUT2D eigenvalue weighted by Gasteiger charge is -2.38. The Morgan fingerprint density at radius 2 is 0.789 bits per heavy atom. The zero-order valence-electron chi connectivity index (χ0n) is 42.2. The Bertz CT molecular complexity index is 3860. The van der Waals surface area contributed by atoms with Gasteiger partial charge >= 0.3 is 0 Å². The molecule has 2 nitrogen and oxygen atoms in total. The van der Waals surface area contributed by atoms with Crippen molar-refractivity contribution in [2.45, 2.75) is 58.5 Å². The molecule has 0 aliphatic heterocycles. The Kier molecular flexibility index (Phi) is 10.6. The van der Waals surface area contributed by atoms with Crippen molar-refractivity contribution in [3.63, 3.8) is 0 Å². The third-order valence-corrected chi connectivity index (χ3v) is 19.4. The predicted molar refractivity (Wildman–Crippen MR) is 315 cm³/mol. The molecule has 0 bridgehead atoms. The van der Waals surface area contributed by atoms with Gasteiger partial charge in [0.2, 0.25) is 0 Å². The molecule has 11 aromatic carbocycles. The molecule has 346 valence electrons. The molecule has 0 unspecified atom stereocenters. The highest BCUT2D eigenvalue weighted by atomic mass is 28.3. The van der Waals surface area contributed by atoms with Crippen LogP contribution < -0.4 is 20.2 Å². The smallest absolute Gasteiger partial charge is 0.0775 e. The maximum absolute atomic E-state index is 2.50. The summed E-state index contributed by atoms with van der Waals surface area (Å²) in [6.07, 6.45) is 0. The van der Waals surface area contributed by atoms with E-state index in [1.165, 1.54) is 86.8 Å². The lowest BCUT2D eigenvalue weighted by Crippen LogP contribution is -2.37. The van der Waals surface area contributed by atoms with Gasteiger partial charge in [0, 0.05) is 39.5 Å². The van der Waals surface area contributed by atoms with Crippen molar-refractivity contribution in [2.75, 3.05) is 9.80 Å². The second kappa shape index (κ2) is 16.8. The monoisotopic (exact) mass is 948 g/mol. The van der Waals surface area contributed by atoms with Crippen LogP contribution in [0.3, 0.4) is 0 Å². The molecule has 0 saturated heterocycles. The summed E-state index contributed by atoms with van der Waals surface area (Å²) in [7, 11) is -3.03. The van der Waals surface area contributed by atoms with Crippen LogP contribution in [0.4, 0.5) is 34.1 Å². The Morgan fingerprint density at radius 1 is 0.324 bits per heavy atom. The minimum Gasteiger partial charge on any atom is -0.310 e. The molecule has 0 fully saturated rings. The van der Waals surface area contributed by atoms with Gasteiger partial charge in [0.1, 0.15) is 0 Å². The van der Waals surface area contributed by atoms with Crippen LogP contribution in [0.15, 0.2) is 218 Å². The molecule has 0 spiro atoms. The van der Waals surface area contributed by atoms with E-state index in [9.17, 15) is 0 Å². The Hall–Kier alpha value is -7.51. The first kappa shape index (κ1) is 44.7. The molecule has 12 rings (SSSR count). The van der Waals surface area contributed by atoms with Gasteiger partial charge in [-0.1, -0.05) is 209 Å². The summed E-state index contributed by atoms with van der Waals surface area (Å²) in [5, 5.41) is 13.0. The molecule has 0 radical (unpaired) electrons. The van der Waals surface area contributed by atoms with Gasteiger partial charge in [0.25, 0.3) is 0 Å². The fourth-order valence-corrected chi connectivity index (χ4v) is 13.7. The Balaban J connectivity index is 1.09. The van der Waals surface area contributed by atoms with Crippen molar-refractivity contribution in [1.82, 2.24) is 0 Å². The summed E-state index contributed by atoms with van der Waals surface area (Å²) < 4.78 is 0. The van der Waals surface area contributed by atoms with Crippen molar-refractivity contribution in [1.29, 1.82) is 0 Å². The SMILES string of the molecule is CC1(C)c2cc(N(c3ccc([Si](C)(C)C)cc3)c3ccc4ccccc4c3)ccc2-c2c(-c3ccccc3)c3ccc(N(c4ccc([Si](C)(C)C)cc4)c4ccc5ccccc5c4)cc3c3cccc1c23. The third-order valence-electron chi connectivity index (χ3n) is 15.3. The summed E-state index contributed by atoms with van der Waals surface area (Å²) in [6.45, 7) is 19.4. The normalized spacial score (nSPS) is 13.2. The average molecular weight is 949 g/mol. The van der Waals surface area contributed by atoms with Crippen LogP contribution in [0.2, 0.25) is 39.3 Å². The standard InChI is InChI=1S/C67H60N2Si2/c1-67(2)62-24-16-23-58-61-43-54(68(50-29-35-56(36-30-50)70(3,4)5)52-27-25-45-17-12-14-21-48(45)41-52)33-39-59(61)64(47-19-10-9-11-20-47)66(65(58)62)60-40-34-55(44-63(60)67)69(51-31-37-57(38-32-51)71(6,7)8)53-28-26-46-18-13-15-22-49(46)42-53/h9-44H,1-8H3. The van der Waals surface area contributed by atoms with Crippen LogP contribution in [-0.4, -0.2) is 16.1 Å². The predicted octanol–water partition coefficient (Wildman–Crippen LogP) is 18.3. The second-order valence-corrected chi connectivity index (χ2v) is 32.4. The van der Waals surface area contributed by atoms with Crippen LogP contribution in [0.5, 0.6) is 0 Å². The molecule has 4 heteroatoms. The number of hydrogen-bond acceptors (Lipinski definition) is 2. The first-order chi connectivity index (χ1) is 34.2. The lowest BCUT2D eigenvalue weighted by molar-refractivity contribution is 0.645. The Morgan fingerprint density at radius 3 is 1.34 bits per heavy atom. The number of nitrogens with zero attached hydrogens (tertiary/aromatic N) is 2. The average Bonchev–Trinajstić information content (AvgIpc) is 3.38. The zero-order chi connectivity index (χ0) is 48.8. The topological polar surface area (TPSA) is 6.48 Å². The van der Waals surface area contributed by atoms with Gasteiger partial charge in [0.15, 0.2) is 0 Å². The number of anilines is 6.